The molecule has 0 aliphatic carbocycles. The van der Waals surface area contributed by atoms with Gasteiger partial charge in [0.05, 0.1) is 31.4 Å². The molecule has 3 aromatic rings. The first-order valence-corrected chi connectivity index (χ1v) is 10.2. The maximum atomic E-state index is 13.3. The van der Waals surface area contributed by atoms with E-state index in [1.54, 1.807) is 48.5 Å². The number of ether oxygens (including phenoxy) is 2. The number of aryl methyl sites for hydroxylation is 1. The highest BCUT2D eigenvalue weighted by atomic mass is 16.5. The van der Waals surface area contributed by atoms with Crippen molar-refractivity contribution in [2.45, 2.75) is 13.0 Å². The molecular weight excluding hydrogens is 422 g/mol. The summed E-state index contributed by atoms with van der Waals surface area (Å²) >= 11 is 0. The minimum absolute atomic E-state index is 0.0423. The molecule has 1 unspecified atom stereocenters. The number of phenols is 1. The molecule has 1 aliphatic rings. The summed E-state index contributed by atoms with van der Waals surface area (Å²) in [5.74, 6) is -1.15. The monoisotopic (exact) mass is 445 g/mol. The number of Topliss-reactive ketones (excluding diaryl/α,β-unsaturated/α-hetero) is 1. The number of carbonyl (C=O) groups is 2. The maximum Gasteiger partial charge on any atom is 0.300 e. The smallest absolute Gasteiger partial charge is 0.300 e. The minimum atomic E-state index is -0.914. The lowest BCUT2D eigenvalue weighted by Crippen LogP contribution is -2.29. The first-order chi connectivity index (χ1) is 15.8. The van der Waals surface area contributed by atoms with Gasteiger partial charge in [-0.3, -0.25) is 14.5 Å². The Kier molecular flexibility index (Phi) is 5.79. The average Bonchev–Trinajstić information content (AvgIpc) is 3.09. The van der Waals surface area contributed by atoms with Crippen molar-refractivity contribution in [2.24, 2.45) is 0 Å². The average molecular weight is 445 g/mol. The summed E-state index contributed by atoms with van der Waals surface area (Å²) in [4.78, 5) is 27.8. The Labute approximate surface area is 191 Å². The zero-order valence-corrected chi connectivity index (χ0v) is 18.4. The molecule has 2 N–H and O–H groups in total. The highest BCUT2D eigenvalue weighted by molar-refractivity contribution is 6.51. The number of hydrogen-bond donors (Lipinski definition) is 2. The van der Waals surface area contributed by atoms with Gasteiger partial charge in [-0.25, -0.2) is 0 Å². The van der Waals surface area contributed by atoms with Crippen LogP contribution in [-0.2, 0) is 9.59 Å². The molecule has 7 heteroatoms. The standard InChI is InChI=1S/C26H23NO6/c1-15-5-4-6-17(13-15)27-23(16-7-9-18(28)10-8-16)22(25(30)26(27)31)24(29)20-14-19(32-2)11-12-21(20)33-3/h4-14,23,28-29H,1-3H3/b24-22+. The fourth-order valence-electron chi connectivity index (χ4n) is 3.99. The summed E-state index contributed by atoms with van der Waals surface area (Å²) in [6.45, 7) is 1.89. The number of rotatable bonds is 5. The van der Waals surface area contributed by atoms with E-state index in [1.165, 1.54) is 31.3 Å². The van der Waals surface area contributed by atoms with Gasteiger partial charge >= 0.3 is 0 Å². The molecule has 1 amide bonds. The number of ketones is 1. The molecule has 1 fully saturated rings. The number of nitrogens with zero attached hydrogens (tertiary/aromatic N) is 1. The van der Waals surface area contributed by atoms with Crippen LogP contribution in [0.1, 0.15) is 22.7 Å². The predicted octanol–water partition coefficient (Wildman–Crippen LogP) is 4.34. The number of aromatic hydroxyl groups is 1. The lowest BCUT2D eigenvalue weighted by atomic mass is 9.94. The van der Waals surface area contributed by atoms with Gasteiger partial charge in [0.2, 0.25) is 0 Å². The molecule has 168 valence electrons. The number of aliphatic hydroxyl groups excluding tert-OH is 1. The highest BCUT2D eigenvalue weighted by Gasteiger charge is 2.47. The van der Waals surface area contributed by atoms with Gasteiger partial charge in [0.1, 0.15) is 23.0 Å². The summed E-state index contributed by atoms with van der Waals surface area (Å²) in [6.07, 6.45) is 0. The largest absolute Gasteiger partial charge is 0.508 e. The van der Waals surface area contributed by atoms with Crippen molar-refractivity contribution >= 4 is 23.1 Å². The molecule has 0 bridgehead atoms. The van der Waals surface area contributed by atoms with Gasteiger partial charge in [-0.05, 0) is 60.5 Å². The molecule has 7 nitrogen and oxygen atoms in total. The van der Waals surface area contributed by atoms with Crippen LogP contribution in [0, 0.1) is 6.92 Å². The molecule has 4 rings (SSSR count). The molecule has 33 heavy (non-hydrogen) atoms. The van der Waals surface area contributed by atoms with Crippen LogP contribution in [-0.4, -0.2) is 36.1 Å². The van der Waals surface area contributed by atoms with Crippen LogP contribution < -0.4 is 14.4 Å². The number of aliphatic hydroxyl groups is 1. The van der Waals surface area contributed by atoms with Crippen molar-refractivity contribution in [2.75, 3.05) is 19.1 Å². The van der Waals surface area contributed by atoms with Gasteiger partial charge in [0.25, 0.3) is 11.7 Å². The van der Waals surface area contributed by atoms with Crippen LogP contribution in [0.4, 0.5) is 5.69 Å². The summed E-state index contributed by atoms with van der Waals surface area (Å²) < 4.78 is 10.6. The van der Waals surface area contributed by atoms with Gasteiger partial charge in [-0.1, -0.05) is 24.3 Å². The second-order valence-corrected chi connectivity index (χ2v) is 7.67. The van der Waals surface area contributed by atoms with Gasteiger partial charge in [0, 0.05) is 5.69 Å². The van der Waals surface area contributed by atoms with Crippen molar-refractivity contribution in [3.05, 3.63) is 89.0 Å². The maximum absolute atomic E-state index is 13.3. The fraction of sp³-hybridized carbons (Fsp3) is 0.154. The van der Waals surface area contributed by atoms with E-state index in [1.807, 2.05) is 13.0 Å². The van der Waals surface area contributed by atoms with Crippen LogP contribution in [0.3, 0.4) is 0 Å². The van der Waals surface area contributed by atoms with E-state index in [4.69, 9.17) is 9.47 Å². The first-order valence-electron chi connectivity index (χ1n) is 10.2. The van der Waals surface area contributed by atoms with Crippen LogP contribution in [0.15, 0.2) is 72.3 Å². The van der Waals surface area contributed by atoms with E-state index in [-0.39, 0.29) is 22.6 Å². The summed E-state index contributed by atoms with van der Waals surface area (Å²) in [6, 6.07) is 17.3. The van der Waals surface area contributed by atoms with E-state index in [2.05, 4.69) is 0 Å². The van der Waals surface area contributed by atoms with Crippen LogP contribution >= 0.6 is 0 Å². The van der Waals surface area contributed by atoms with Crippen LogP contribution in [0.2, 0.25) is 0 Å². The van der Waals surface area contributed by atoms with Crippen molar-refractivity contribution in [1.29, 1.82) is 0 Å². The number of amides is 1. The minimum Gasteiger partial charge on any atom is -0.508 e. The third-order valence-electron chi connectivity index (χ3n) is 5.59. The number of anilines is 1. The quantitative estimate of drug-likeness (QED) is 0.345. The second-order valence-electron chi connectivity index (χ2n) is 7.67. The van der Waals surface area contributed by atoms with Crippen LogP contribution in [0.25, 0.3) is 5.76 Å². The van der Waals surface area contributed by atoms with E-state index >= 15 is 0 Å². The van der Waals surface area contributed by atoms with Crippen molar-refractivity contribution in [3.8, 4) is 17.2 Å². The molecule has 0 radical (unpaired) electrons. The normalized spacial score (nSPS) is 17.3. The van der Waals surface area contributed by atoms with Gasteiger partial charge in [-0.2, -0.15) is 0 Å². The van der Waals surface area contributed by atoms with Crippen molar-refractivity contribution < 1.29 is 29.3 Å². The number of hydrogen-bond acceptors (Lipinski definition) is 6. The summed E-state index contributed by atoms with van der Waals surface area (Å²) in [5.41, 5.74) is 2.12. The number of phenolic OH excluding ortho intramolecular Hbond substituents is 1. The second kappa shape index (κ2) is 8.70. The topological polar surface area (TPSA) is 96.3 Å². The van der Waals surface area contributed by atoms with E-state index in [9.17, 15) is 19.8 Å². The molecular formula is C26H23NO6. The van der Waals surface area contributed by atoms with Crippen molar-refractivity contribution in [1.82, 2.24) is 0 Å². The summed E-state index contributed by atoms with van der Waals surface area (Å²) in [5, 5.41) is 21.1. The Bertz CT molecular complexity index is 1260. The zero-order chi connectivity index (χ0) is 23.7. The molecule has 0 spiro atoms. The van der Waals surface area contributed by atoms with Crippen LogP contribution in [0.5, 0.6) is 17.2 Å². The molecule has 1 saturated heterocycles. The molecule has 3 aromatic carbocycles. The zero-order valence-electron chi connectivity index (χ0n) is 18.4. The third kappa shape index (κ3) is 3.89. The molecule has 0 aromatic heterocycles. The van der Waals surface area contributed by atoms with E-state index in [0.29, 0.717) is 22.7 Å². The number of carbonyl (C=O) groups excluding carboxylic acids is 2. The van der Waals surface area contributed by atoms with Gasteiger partial charge in [0.15, 0.2) is 0 Å². The Hall–Kier alpha value is -4.26. The lowest BCUT2D eigenvalue weighted by molar-refractivity contribution is -0.132. The van der Waals surface area contributed by atoms with E-state index in [0.717, 1.165) is 5.56 Å². The van der Waals surface area contributed by atoms with Crippen molar-refractivity contribution in [3.63, 3.8) is 0 Å². The lowest BCUT2D eigenvalue weighted by Gasteiger charge is -2.26. The SMILES string of the molecule is COc1ccc(OC)c(/C(O)=C2\C(=O)C(=O)N(c3cccc(C)c3)C2c2ccc(O)cc2)c1. The number of benzene rings is 3. The number of methoxy groups -OCH3 is 2. The Morgan fingerprint density at radius 1 is 0.939 bits per heavy atom. The first kappa shape index (κ1) is 22.0. The van der Waals surface area contributed by atoms with Gasteiger partial charge in [-0.15, -0.1) is 0 Å². The third-order valence-corrected chi connectivity index (χ3v) is 5.59. The Morgan fingerprint density at radius 3 is 2.30 bits per heavy atom. The van der Waals surface area contributed by atoms with E-state index < -0.39 is 17.7 Å². The van der Waals surface area contributed by atoms with Gasteiger partial charge < -0.3 is 19.7 Å². The molecule has 0 saturated carbocycles. The fourth-order valence-corrected chi connectivity index (χ4v) is 3.99. The molecule has 1 heterocycles. The Balaban J connectivity index is 1.99. The molecule has 1 atom stereocenters. The predicted molar refractivity (Wildman–Crippen MR) is 124 cm³/mol. The Morgan fingerprint density at radius 2 is 1.67 bits per heavy atom. The highest BCUT2D eigenvalue weighted by Crippen LogP contribution is 2.44. The molecule has 1 aliphatic heterocycles. The summed E-state index contributed by atoms with van der Waals surface area (Å²) in [7, 11) is 2.93.